The Balaban J connectivity index is 0.000000211. The van der Waals surface area contributed by atoms with Gasteiger partial charge in [0.15, 0.2) is 0 Å². The maximum absolute atomic E-state index is 10.5. The molecule has 2 rings (SSSR count). The lowest BCUT2D eigenvalue weighted by Gasteiger charge is -1.98. The summed E-state index contributed by atoms with van der Waals surface area (Å²) in [5.41, 5.74) is 3.75. The van der Waals surface area contributed by atoms with Crippen LogP contribution < -0.4 is 0 Å². The third-order valence-corrected chi connectivity index (χ3v) is 2.77. The molecule has 2 N–H and O–H groups in total. The molecule has 0 saturated heterocycles. The molecule has 0 radical (unpaired) electrons. The van der Waals surface area contributed by atoms with Gasteiger partial charge in [-0.15, -0.1) is 0 Å². The Morgan fingerprint density at radius 2 is 1.10 bits per heavy atom. The Bertz CT molecular complexity index is 622. The Morgan fingerprint density at radius 3 is 1.48 bits per heavy atom. The number of aryl methyl sites for hydroxylation is 3. The number of carboxylic acid groups (broad SMARTS) is 2. The van der Waals surface area contributed by atoms with Gasteiger partial charge in [-0.25, -0.2) is 9.59 Å². The second kappa shape index (κ2) is 7.24. The van der Waals surface area contributed by atoms with Crippen molar-refractivity contribution in [3.8, 4) is 0 Å². The first-order valence-electron chi connectivity index (χ1n) is 6.41. The first kappa shape index (κ1) is 16.4. The fourth-order valence-electron chi connectivity index (χ4n) is 1.79. The van der Waals surface area contributed by atoms with Gasteiger partial charge in [-0.3, -0.25) is 0 Å². The second-order valence-corrected chi connectivity index (χ2v) is 4.85. The van der Waals surface area contributed by atoms with Crippen molar-refractivity contribution >= 4 is 11.9 Å². The molecular formula is C17H18O4. The quantitative estimate of drug-likeness (QED) is 0.882. The van der Waals surface area contributed by atoms with Gasteiger partial charge in [0, 0.05) is 0 Å². The van der Waals surface area contributed by atoms with E-state index in [0.717, 1.165) is 16.7 Å². The van der Waals surface area contributed by atoms with Gasteiger partial charge in [0.05, 0.1) is 11.1 Å². The predicted octanol–water partition coefficient (Wildman–Crippen LogP) is 3.69. The minimum atomic E-state index is -0.875. The molecular weight excluding hydrogens is 268 g/mol. The monoisotopic (exact) mass is 286 g/mol. The summed E-state index contributed by atoms with van der Waals surface area (Å²) >= 11 is 0. The van der Waals surface area contributed by atoms with Crippen molar-refractivity contribution in [2.24, 2.45) is 0 Å². The third-order valence-electron chi connectivity index (χ3n) is 2.77. The molecule has 21 heavy (non-hydrogen) atoms. The Morgan fingerprint density at radius 1 is 0.667 bits per heavy atom. The molecule has 0 aliphatic heterocycles. The average Bonchev–Trinajstić information content (AvgIpc) is 2.38. The normalized spacial score (nSPS) is 9.48. The van der Waals surface area contributed by atoms with Crippen molar-refractivity contribution < 1.29 is 19.8 Å². The van der Waals surface area contributed by atoms with Crippen LogP contribution in [0.25, 0.3) is 0 Å². The van der Waals surface area contributed by atoms with Crippen LogP contribution in [0, 0.1) is 20.8 Å². The zero-order valence-corrected chi connectivity index (χ0v) is 12.3. The van der Waals surface area contributed by atoms with Crippen LogP contribution in [0.5, 0.6) is 0 Å². The largest absolute Gasteiger partial charge is 0.478 e. The molecule has 0 heterocycles. The Kier molecular flexibility index (Phi) is 5.67. The summed E-state index contributed by atoms with van der Waals surface area (Å²) in [6, 6.07) is 12.0. The SMILES string of the molecule is Cc1cc(C)cc(C(=O)O)c1.Cc1ccc(C(=O)O)cc1. The summed E-state index contributed by atoms with van der Waals surface area (Å²) in [6.45, 7) is 5.70. The Hall–Kier alpha value is -2.62. The number of carboxylic acids is 2. The van der Waals surface area contributed by atoms with Gasteiger partial charge in [-0.1, -0.05) is 34.9 Å². The number of rotatable bonds is 2. The zero-order valence-electron chi connectivity index (χ0n) is 12.3. The van der Waals surface area contributed by atoms with Gasteiger partial charge < -0.3 is 10.2 Å². The molecule has 0 aliphatic carbocycles. The van der Waals surface area contributed by atoms with Gasteiger partial charge in [0.2, 0.25) is 0 Å². The van der Waals surface area contributed by atoms with Gasteiger partial charge in [0.1, 0.15) is 0 Å². The predicted molar refractivity (Wildman–Crippen MR) is 81.0 cm³/mol. The number of benzene rings is 2. The van der Waals surface area contributed by atoms with Gasteiger partial charge in [-0.2, -0.15) is 0 Å². The maximum atomic E-state index is 10.5. The molecule has 0 fully saturated rings. The minimum Gasteiger partial charge on any atom is -0.478 e. The Labute approximate surface area is 123 Å². The molecule has 2 aromatic rings. The molecule has 0 bridgehead atoms. The van der Waals surface area contributed by atoms with Crippen LogP contribution in [0.3, 0.4) is 0 Å². The number of hydrogen-bond acceptors (Lipinski definition) is 2. The smallest absolute Gasteiger partial charge is 0.335 e. The lowest BCUT2D eigenvalue weighted by molar-refractivity contribution is 0.0686. The van der Waals surface area contributed by atoms with Crippen LogP contribution in [0.1, 0.15) is 37.4 Å². The van der Waals surface area contributed by atoms with Crippen molar-refractivity contribution in [1.29, 1.82) is 0 Å². The van der Waals surface area contributed by atoms with Crippen LogP contribution in [0.15, 0.2) is 42.5 Å². The van der Waals surface area contributed by atoms with Crippen LogP contribution in [0.2, 0.25) is 0 Å². The highest BCUT2D eigenvalue weighted by Crippen LogP contribution is 2.08. The van der Waals surface area contributed by atoms with Crippen LogP contribution >= 0.6 is 0 Å². The van der Waals surface area contributed by atoms with Crippen molar-refractivity contribution in [2.45, 2.75) is 20.8 Å². The van der Waals surface area contributed by atoms with Crippen molar-refractivity contribution in [3.05, 3.63) is 70.3 Å². The number of hydrogen-bond donors (Lipinski definition) is 2. The second-order valence-electron chi connectivity index (χ2n) is 4.85. The van der Waals surface area contributed by atoms with E-state index in [2.05, 4.69) is 0 Å². The van der Waals surface area contributed by atoms with Crippen molar-refractivity contribution in [2.75, 3.05) is 0 Å². The van der Waals surface area contributed by atoms with E-state index in [0.29, 0.717) is 11.1 Å². The van der Waals surface area contributed by atoms with E-state index in [-0.39, 0.29) is 0 Å². The van der Waals surface area contributed by atoms with Crippen LogP contribution in [-0.4, -0.2) is 22.2 Å². The molecule has 0 amide bonds. The van der Waals surface area contributed by atoms with Gasteiger partial charge >= 0.3 is 11.9 Å². The lowest BCUT2D eigenvalue weighted by atomic mass is 10.1. The highest BCUT2D eigenvalue weighted by molar-refractivity contribution is 5.88. The van der Waals surface area contributed by atoms with E-state index in [1.807, 2.05) is 26.8 Å². The standard InChI is InChI=1S/C9H10O2.C8H8O2/c1-6-3-7(2)5-8(4-6)9(10)11;1-6-2-4-7(5-3-6)8(9)10/h3-5H,1-2H3,(H,10,11);2-5H,1H3,(H,9,10). The third kappa shape index (κ3) is 5.48. The van der Waals surface area contributed by atoms with Crippen LogP contribution in [0.4, 0.5) is 0 Å². The van der Waals surface area contributed by atoms with Gasteiger partial charge in [0.25, 0.3) is 0 Å². The minimum absolute atomic E-state index is 0.339. The number of aromatic carboxylic acids is 2. The molecule has 0 saturated carbocycles. The molecule has 110 valence electrons. The first-order chi connectivity index (χ1) is 9.79. The summed E-state index contributed by atoms with van der Waals surface area (Å²) in [5, 5.41) is 17.1. The van der Waals surface area contributed by atoms with E-state index in [1.165, 1.54) is 0 Å². The highest BCUT2D eigenvalue weighted by atomic mass is 16.4. The molecule has 0 aliphatic rings. The fraction of sp³-hybridized carbons (Fsp3) is 0.176. The van der Waals surface area contributed by atoms with Crippen molar-refractivity contribution in [1.82, 2.24) is 0 Å². The van der Waals surface area contributed by atoms with E-state index >= 15 is 0 Å². The summed E-state index contributed by atoms with van der Waals surface area (Å²) < 4.78 is 0. The first-order valence-corrected chi connectivity index (χ1v) is 6.41. The summed E-state index contributed by atoms with van der Waals surface area (Å²) in [6.07, 6.45) is 0. The molecule has 0 spiro atoms. The fourth-order valence-corrected chi connectivity index (χ4v) is 1.79. The molecule has 0 atom stereocenters. The average molecular weight is 286 g/mol. The number of carbonyl (C=O) groups is 2. The summed E-state index contributed by atoms with van der Waals surface area (Å²) in [5.74, 6) is -1.74. The molecule has 4 heteroatoms. The lowest BCUT2D eigenvalue weighted by Crippen LogP contribution is -1.96. The maximum Gasteiger partial charge on any atom is 0.335 e. The van der Waals surface area contributed by atoms with Gasteiger partial charge in [-0.05, 0) is 45.0 Å². The molecule has 0 unspecified atom stereocenters. The summed E-state index contributed by atoms with van der Waals surface area (Å²) in [7, 11) is 0. The van der Waals surface area contributed by atoms with E-state index in [1.54, 1.807) is 36.4 Å². The summed E-state index contributed by atoms with van der Waals surface area (Å²) in [4.78, 5) is 20.8. The zero-order chi connectivity index (χ0) is 16.0. The van der Waals surface area contributed by atoms with Crippen molar-refractivity contribution in [3.63, 3.8) is 0 Å². The van der Waals surface area contributed by atoms with E-state index in [4.69, 9.17) is 10.2 Å². The van der Waals surface area contributed by atoms with E-state index in [9.17, 15) is 9.59 Å². The van der Waals surface area contributed by atoms with Crippen LogP contribution in [-0.2, 0) is 0 Å². The molecule has 0 aromatic heterocycles. The molecule has 2 aromatic carbocycles. The topological polar surface area (TPSA) is 74.6 Å². The van der Waals surface area contributed by atoms with E-state index < -0.39 is 11.9 Å². The molecule has 4 nitrogen and oxygen atoms in total. The highest BCUT2D eigenvalue weighted by Gasteiger charge is 2.02.